The van der Waals surface area contributed by atoms with Crippen LogP contribution in [-0.4, -0.2) is 47.5 Å². The second-order valence-electron chi connectivity index (χ2n) is 7.70. The first-order valence-corrected chi connectivity index (χ1v) is 11.2. The first kappa shape index (κ1) is 24.7. The molecule has 0 radical (unpaired) electrons. The number of hydrogen-bond donors (Lipinski definition) is 2. The number of anilines is 1. The zero-order valence-corrected chi connectivity index (χ0v) is 19.7. The van der Waals surface area contributed by atoms with Gasteiger partial charge in [0.15, 0.2) is 5.75 Å². The minimum atomic E-state index is -1.03. The van der Waals surface area contributed by atoms with Crippen molar-refractivity contribution in [3.8, 4) is 17.2 Å². The molecule has 1 aliphatic rings. The van der Waals surface area contributed by atoms with Gasteiger partial charge in [-0.25, -0.2) is 4.79 Å². The number of hydrogen-bond acceptors (Lipinski definition) is 6. The van der Waals surface area contributed by atoms with E-state index in [1.54, 1.807) is 11.8 Å². The van der Waals surface area contributed by atoms with E-state index in [2.05, 4.69) is 17.0 Å². The van der Waals surface area contributed by atoms with Crippen LogP contribution >= 0.6 is 23.2 Å². The molecule has 2 N–H and O–H groups in total. The number of esters is 1. The van der Waals surface area contributed by atoms with E-state index in [1.165, 1.54) is 30.3 Å². The molecule has 1 heterocycles. The summed E-state index contributed by atoms with van der Waals surface area (Å²) in [4.78, 5) is 37.9. The molecule has 0 spiro atoms. The highest BCUT2D eigenvalue weighted by Gasteiger charge is 2.24. The van der Waals surface area contributed by atoms with Gasteiger partial charge in [-0.3, -0.25) is 9.59 Å². The number of ether oxygens (including phenoxy) is 2. The average Bonchev–Trinajstić information content (AvgIpc) is 2.77. The Balaban J connectivity index is 1.78. The molecule has 2 aromatic rings. The molecule has 1 aliphatic heterocycles. The number of benzene rings is 2. The Morgan fingerprint density at radius 1 is 1.12 bits per heavy atom. The highest BCUT2D eigenvalue weighted by atomic mass is 35.5. The fraction of sp³-hybridized carbons (Fsp3) is 0.348. The highest BCUT2D eigenvalue weighted by molar-refractivity contribution is 6.39. The number of likely N-dealkylation sites (tertiary alicyclic amines) is 1. The standard InChI is InChI=1S/C23H24Cl2N2O6/c1-3-32-23(31)21(29)26-14-10-17(24)20(18(25)11-14)33-15-4-5-19(28)16(12-15)22(30)27-8-6-13(2)7-9-27/h4-5,10-13,28H,3,6-9H2,1-2H3,(H,26,29). The summed E-state index contributed by atoms with van der Waals surface area (Å²) in [7, 11) is 0. The Hall–Kier alpha value is -2.97. The van der Waals surface area contributed by atoms with Gasteiger partial charge >= 0.3 is 11.9 Å². The van der Waals surface area contributed by atoms with Crippen molar-refractivity contribution in [3.63, 3.8) is 0 Å². The summed E-state index contributed by atoms with van der Waals surface area (Å²) >= 11 is 12.6. The van der Waals surface area contributed by atoms with Crippen LogP contribution in [0.15, 0.2) is 30.3 Å². The zero-order chi connectivity index (χ0) is 24.1. The predicted octanol–water partition coefficient (Wildman–Crippen LogP) is 4.87. The van der Waals surface area contributed by atoms with E-state index in [0.717, 1.165) is 12.8 Å². The quantitative estimate of drug-likeness (QED) is 0.453. The zero-order valence-electron chi connectivity index (χ0n) is 18.2. The molecule has 1 fully saturated rings. The molecule has 2 amide bonds. The van der Waals surface area contributed by atoms with Gasteiger partial charge in [0.1, 0.15) is 11.5 Å². The van der Waals surface area contributed by atoms with E-state index in [-0.39, 0.29) is 51.1 Å². The van der Waals surface area contributed by atoms with Crippen molar-refractivity contribution in [1.82, 2.24) is 4.90 Å². The third-order valence-electron chi connectivity index (χ3n) is 5.21. The highest BCUT2D eigenvalue weighted by Crippen LogP contribution is 2.39. The first-order chi connectivity index (χ1) is 15.7. The molecule has 33 heavy (non-hydrogen) atoms. The van der Waals surface area contributed by atoms with Gasteiger partial charge in [0, 0.05) is 18.8 Å². The number of nitrogens with zero attached hydrogens (tertiary/aromatic N) is 1. The van der Waals surface area contributed by atoms with Crippen LogP contribution in [0.3, 0.4) is 0 Å². The minimum absolute atomic E-state index is 0.0626. The van der Waals surface area contributed by atoms with Crippen LogP contribution in [0.2, 0.25) is 10.0 Å². The van der Waals surface area contributed by atoms with Crippen LogP contribution in [0.25, 0.3) is 0 Å². The molecule has 3 rings (SSSR count). The SMILES string of the molecule is CCOC(=O)C(=O)Nc1cc(Cl)c(Oc2ccc(O)c(C(=O)N3CCC(C)CC3)c2)c(Cl)c1. The normalized spacial score (nSPS) is 14.0. The van der Waals surface area contributed by atoms with E-state index in [4.69, 9.17) is 27.9 Å². The maximum absolute atomic E-state index is 12.9. The summed E-state index contributed by atoms with van der Waals surface area (Å²) in [6.45, 7) is 5.05. The number of aromatic hydroxyl groups is 1. The van der Waals surface area contributed by atoms with E-state index < -0.39 is 11.9 Å². The molecule has 2 aromatic carbocycles. The van der Waals surface area contributed by atoms with E-state index >= 15 is 0 Å². The third-order valence-corrected chi connectivity index (χ3v) is 5.77. The number of phenolic OH excluding ortho intramolecular Hbond substituents is 1. The molecule has 176 valence electrons. The summed E-state index contributed by atoms with van der Waals surface area (Å²) < 4.78 is 10.4. The first-order valence-electron chi connectivity index (χ1n) is 10.5. The molecule has 0 atom stereocenters. The van der Waals surface area contributed by atoms with Crippen molar-refractivity contribution >= 4 is 46.7 Å². The number of piperidine rings is 1. The van der Waals surface area contributed by atoms with E-state index in [9.17, 15) is 19.5 Å². The molecular formula is C23H24Cl2N2O6. The largest absolute Gasteiger partial charge is 0.507 e. The Morgan fingerprint density at radius 2 is 1.76 bits per heavy atom. The smallest absolute Gasteiger partial charge is 0.397 e. The molecule has 0 unspecified atom stereocenters. The predicted molar refractivity (Wildman–Crippen MR) is 124 cm³/mol. The number of carbonyl (C=O) groups excluding carboxylic acids is 3. The second-order valence-corrected chi connectivity index (χ2v) is 8.51. The number of nitrogens with one attached hydrogen (secondary N) is 1. The van der Waals surface area contributed by atoms with Gasteiger partial charge in [-0.05, 0) is 56.0 Å². The summed E-state index contributed by atoms with van der Waals surface area (Å²) in [5.74, 6) is -1.54. The van der Waals surface area contributed by atoms with Crippen LogP contribution in [0.1, 0.15) is 37.0 Å². The third kappa shape index (κ3) is 6.09. The van der Waals surface area contributed by atoms with Crippen LogP contribution in [-0.2, 0) is 14.3 Å². The molecular weight excluding hydrogens is 471 g/mol. The molecule has 8 nitrogen and oxygen atoms in total. The fourth-order valence-corrected chi connectivity index (χ4v) is 3.92. The minimum Gasteiger partial charge on any atom is -0.507 e. The molecule has 0 aliphatic carbocycles. The fourth-order valence-electron chi connectivity index (χ4n) is 3.36. The number of halogens is 2. The van der Waals surface area contributed by atoms with Gasteiger partial charge in [0.2, 0.25) is 0 Å². The van der Waals surface area contributed by atoms with Crippen molar-refractivity contribution < 1.29 is 29.0 Å². The molecule has 0 aromatic heterocycles. The maximum Gasteiger partial charge on any atom is 0.397 e. The molecule has 0 saturated carbocycles. The topological polar surface area (TPSA) is 105 Å². The van der Waals surface area contributed by atoms with Crippen LogP contribution in [0.4, 0.5) is 5.69 Å². The van der Waals surface area contributed by atoms with Crippen molar-refractivity contribution in [2.24, 2.45) is 5.92 Å². The molecule has 0 bridgehead atoms. The Kier molecular flexibility index (Phi) is 8.05. The lowest BCUT2D eigenvalue weighted by Gasteiger charge is -2.30. The monoisotopic (exact) mass is 494 g/mol. The summed E-state index contributed by atoms with van der Waals surface area (Å²) in [6, 6.07) is 7.00. The van der Waals surface area contributed by atoms with Gasteiger partial charge in [-0.1, -0.05) is 30.1 Å². The lowest BCUT2D eigenvalue weighted by molar-refractivity contribution is -0.152. The van der Waals surface area contributed by atoms with Gasteiger partial charge in [-0.2, -0.15) is 0 Å². The van der Waals surface area contributed by atoms with Gasteiger partial charge < -0.3 is 24.8 Å². The summed E-state index contributed by atoms with van der Waals surface area (Å²) in [5.41, 5.74) is 0.295. The molecule has 10 heteroatoms. The van der Waals surface area contributed by atoms with Gasteiger partial charge in [0.25, 0.3) is 5.91 Å². The van der Waals surface area contributed by atoms with Gasteiger partial charge in [0.05, 0.1) is 22.2 Å². The number of carbonyl (C=O) groups is 3. The molecule has 1 saturated heterocycles. The second kappa shape index (κ2) is 10.8. The van der Waals surface area contributed by atoms with Crippen molar-refractivity contribution in [2.45, 2.75) is 26.7 Å². The van der Waals surface area contributed by atoms with Crippen LogP contribution < -0.4 is 10.1 Å². The Labute approximate surface area is 201 Å². The van der Waals surface area contributed by atoms with Crippen molar-refractivity contribution in [1.29, 1.82) is 0 Å². The van der Waals surface area contributed by atoms with Crippen molar-refractivity contribution in [3.05, 3.63) is 45.9 Å². The number of rotatable bonds is 5. The lowest BCUT2D eigenvalue weighted by Crippen LogP contribution is -2.37. The maximum atomic E-state index is 12.9. The average molecular weight is 495 g/mol. The number of amides is 2. The Bertz CT molecular complexity index is 1040. The van der Waals surface area contributed by atoms with Crippen LogP contribution in [0.5, 0.6) is 17.2 Å². The van der Waals surface area contributed by atoms with E-state index in [0.29, 0.717) is 19.0 Å². The van der Waals surface area contributed by atoms with Gasteiger partial charge in [-0.15, -0.1) is 0 Å². The summed E-state index contributed by atoms with van der Waals surface area (Å²) in [5, 5.41) is 12.7. The Morgan fingerprint density at radius 3 is 2.36 bits per heavy atom. The van der Waals surface area contributed by atoms with E-state index in [1.807, 2.05) is 0 Å². The number of phenols is 1. The summed E-state index contributed by atoms with van der Waals surface area (Å²) in [6.07, 6.45) is 1.82. The van der Waals surface area contributed by atoms with Crippen LogP contribution in [0, 0.1) is 5.92 Å². The van der Waals surface area contributed by atoms with Crippen molar-refractivity contribution in [2.75, 3.05) is 25.0 Å². The lowest BCUT2D eigenvalue weighted by atomic mass is 9.98.